The standard InChI is InChI=1S/C15H12N8O2S/c24-14(11-7-16-2-3-17-11)18-4-5-23-8-12(20-22-23)15-19-13(21-25-15)10-1-6-26-9-10/h1-3,6-9H,4-5H2,(H,18,24). The minimum Gasteiger partial charge on any atom is -0.349 e. The SMILES string of the molecule is O=C(NCCn1cc(-c2nc(-c3ccsc3)no2)nn1)c1cnccn1. The van der Waals surface area contributed by atoms with Gasteiger partial charge in [-0.15, -0.1) is 5.10 Å². The first-order valence-electron chi connectivity index (χ1n) is 7.60. The quantitative estimate of drug-likeness (QED) is 0.539. The van der Waals surface area contributed by atoms with E-state index < -0.39 is 0 Å². The van der Waals surface area contributed by atoms with Gasteiger partial charge < -0.3 is 9.84 Å². The molecule has 0 fully saturated rings. The number of carbonyl (C=O) groups is 1. The van der Waals surface area contributed by atoms with Crippen LogP contribution in [0.15, 0.2) is 46.1 Å². The second-order valence-electron chi connectivity index (χ2n) is 5.15. The molecule has 0 aliphatic heterocycles. The van der Waals surface area contributed by atoms with E-state index in [0.717, 1.165) is 5.56 Å². The molecule has 26 heavy (non-hydrogen) atoms. The largest absolute Gasteiger partial charge is 0.349 e. The van der Waals surface area contributed by atoms with Crippen molar-refractivity contribution in [2.24, 2.45) is 0 Å². The van der Waals surface area contributed by atoms with Crippen molar-refractivity contribution in [1.29, 1.82) is 0 Å². The van der Waals surface area contributed by atoms with Crippen molar-refractivity contribution in [2.75, 3.05) is 6.54 Å². The Bertz CT molecular complexity index is 996. The Balaban J connectivity index is 1.36. The fourth-order valence-electron chi connectivity index (χ4n) is 2.13. The Labute approximate surface area is 150 Å². The zero-order valence-electron chi connectivity index (χ0n) is 13.3. The van der Waals surface area contributed by atoms with Crippen molar-refractivity contribution in [3.63, 3.8) is 0 Å². The summed E-state index contributed by atoms with van der Waals surface area (Å²) in [4.78, 5) is 24.0. The van der Waals surface area contributed by atoms with E-state index in [1.807, 2.05) is 16.8 Å². The molecule has 0 spiro atoms. The summed E-state index contributed by atoms with van der Waals surface area (Å²) in [6, 6.07) is 1.91. The summed E-state index contributed by atoms with van der Waals surface area (Å²) in [5, 5.41) is 18.6. The van der Waals surface area contributed by atoms with Crippen molar-refractivity contribution in [2.45, 2.75) is 6.54 Å². The van der Waals surface area contributed by atoms with Crippen molar-refractivity contribution in [1.82, 2.24) is 40.4 Å². The van der Waals surface area contributed by atoms with Crippen LogP contribution in [0.3, 0.4) is 0 Å². The molecule has 4 aromatic heterocycles. The topological polar surface area (TPSA) is 125 Å². The molecule has 0 radical (unpaired) electrons. The Morgan fingerprint density at radius 2 is 2.31 bits per heavy atom. The van der Waals surface area contributed by atoms with Gasteiger partial charge in [0.2, 0.25) is 5.82 Å². The van der Waals surface area contributed by atoms with Crippen LogP contribution in [0.1, 0.15) is 10.5 Å². The van der Waals surface area contributed by atoms with E-state index >= 15 is 0 Å². The van der Waals surface area contributed by atoms with Crippen LogP contribution in [-0.2, 0) is 6.54 Å². The predicted molar refractivity (Wildman–Crippen MR) is 91.0 cm³/mol. The Kier molecular flexibility index (Phi) is 4.43. The summed E-state index contributed by atoms with van der Waals surface area (Å²) in [5.74, 6) is 0.504. The summed E-state index contributed by atoms with van der Waals surface area (Å²) in [6.45, 7) is 0.798. The molecule has 0 aromatic carbocycles. The molecular formula is C15H12N8O2S. The highest BCUT2D eigenvalue weighted by atomic mass is 32.1. The number of hydrogen-bond acceptors (Lipinski definition) is 9. The van der Waals surface area contributed by atoms with Crippen molar-refractivity contribution >= 4 is 17.2 Å². The number of amides is 1. The average Bonchev–Trinajstić information content (AvgIpc) is 3.42. The smallest absolute Gasteiger partial charge is 0.280 e. The van der Waals surface area contributed by atoms with Gasteiger partial charge in [0.1, 0.15) is 5.69 Å². The minimum absolute atomic E-state index is 0.263. The predicted octanol–water partition coefficient (Wildman–Crippen LogP) is 1.28. The molecule has 0 bridgehead atoms. The molecule has 4 heterocycles. The molecule has 4 aromatic rings. The first kappa shape index (κ1) is 16.0. The Morgan fingerprint density at radius 3 is 3.12 bits per heavy atom. The van der Waals surface area contributed by atoms with E-state index in [1.54, 1.807) is 22.2 Å². The minimum atomic E-state index is -0.296. The number of rotatable bonds is 6. The van der Waals surface area contributed by atoms with Gasteiger partial charge in [0.25, 0.3) is 11.8 Å². The van der Waals surface area contributed by atoms with Crippen LogP contribution in [0.4, 0.5) is 0 Å². The number of hydrogen-bond donors (Lipinski definition) is 1. The summed E-state index contributed by atoms with van der Waals surface area (Å²) in [6.07, 6.45) is 6.06. The van der Waals surface area contributed by atoms with Gasteiger partial charge >= 0.3 is 0 Å². The van der Waals surface area contributed by atoms with Crippen molar-refractivity contribution in [3.05, 3.63) is 47.3 Å². The second kappa shape index (κ2) is 7.19. The van der Waals surface area contributed by atoms with Gasteiger partial charge in [-0.2, -0.15) is 16.3 Å². The molecule has 11 heteroatoms. The third kappa shape index (κ3) is 3.47. The molecule has 4 rings (SSSR count). The summed E-state index contributed by atoms with van der Waals surface area (Å²) in [7, 11) is 0. The number of thiophene rings is 1. The fourth-order valence-corrected chi connectivity index (χ4v) is 2.77. The van der Waals surface area contributed by atoms with E-state index in [9.17, 15) is 4.79 Å². The lowest BCUT2D eigenvalue weighted by Crippen LogP contribution is -2.28. The van der Waals surface area contributed by atoms with Gasteiger partial charge in [-0.05, 0) is 11.4 Å². The van der Waals surface area contributed by atoms with E-state index in [-0.39, 0.29) is 11.6 Å². The molecule has 1 amide bonds. The van der Waals surface area contributed by atoms with Crippen LogP contribution in [0.5, 0.6) is 0 Å². The molecule has 0 atom stereocenters. The molecule has 10 nitrogen and oxygen atoms in total. The van der Waals surface area contributed by atoms with Crippen LogP contribution in [0.2, 0.25) is 0 Å². The van der Waals surface area contributed by atoms with E-state index in [2.05, 4.69) is 35.7 Å². The Hall–Kier alpha value is -3.47. The maximum atomic E-state index is 11.9. The first-order chi connectivity index (χ1) is 12.8. The van der Waals surface area contributed by atoms with Gasteiger partial charge in [-0.1, -0.05) is 10.4 Å². The third-order valence-corrected chi connectivity index (χ3v) is 4.07. The maximum absolute atomic E-state index is 11.9. The van der Waals surface area contributed by atoms with E-state index in [1.165, 1.54) is 18.6 Å². The first-order valence-corrected chi connectivity index (χ1v) is 8.55. The monoisotopic (exact) mass is 368 g/mol. The fraction of sp³-hybridized carbons (Fsp3) is 0.133. The van der Waals surface area contributed by atoms with Crippen LogP contribution in [0.25, 0.3) is 23.0 Å². The number of carbonyl (C=O) groups excluding carboxylic acids is 1. The lowest BCUT2D eigenvalue weighted by Gasteiger charge is -2.03. The number of aromatic nitrogens is 7. The normalized spacial score (nSPS) is 10.8. The molecule has 130 valence electrons. The van der Waals surface area contributed by atoms with Gasteiger partial charge in [0.05, 0.1) is 18.9 Å². The maximum Gasteiger partial charge on any atom is 0.280 e. The van der Waals surface area contributed by atoms with Crippen LogP contribution >= 0.6 is 11.3 Å². The van der Waals surface area contributed by atoms with Crippen LogP contribution in [-0.4, -0.2) is 47.6 Å². The molecule has 0 aliphatic carbocycles. The van der Waals surface area contributed by atoms with Gasteiger partial charge in [0.15, 0.2) is 5.69 Å². The zero-order chi connectivity index (χ0) is 17.8. The highest BCUT2D eigenvalue weighted by molar-refractivity contribution is 7.08. The average molecular weight is 368 g/mol. The van der Waals surface area contributed by atoms with Crippen LogP contribution < -0.4 is 5.32 Å². The highest BCUT2D eigenvalue weighted by Crippen LogP contribution is 2.22. The van der Waals surface area contributed by atoms with Crippen LogP contribution in [0, 0.1) is 0 Å². The summed E-state index contributed by atoms with van der Waals surface area (Å²) in [5.41, 5.74) is 1.63. The molecular weight excluding hydrogens is 356 g/mol. The summed E-state index contributed by atoms with van der Waals surface area (Å²) < 4.78 is 6.82. The molecule has 0 saturated carbocycles. The van der Waals surface area contributed by atoms with Gasteiger partial charge in [-0.3, -0.25) is 9.78 Å². The van der Waals surface area contributed by atoms with Gasteiger partial charge in [-0.25, -0.2) is 9.67 Å². The van der Waals surface area contributed by atoms with Crippen molar-refractivity contribution in [3.8, 4) is 23.0 Å². The molecule has 1 N–H and O–H groups in total. The highest BCUT2D eigenvalue weighted by Gasteiger charge is 2.14. The van der Waals surface area contributed by atoms with Crippen molar-refractivity contribution < 1.29 is 9.32 Å². The zero-order valence-corrected chi connectivity index (χ0v) is 14.1. The Morgan fingerprint density at radius 1 is 1.35 bits per heavy atom. The number of nitrogens with zero attached hydrogens (tertiary/aromatic N) is 7. The lowest BCUT2D eigenvalue weighted by atomic mass is 10.3. The van der Waals surface area contributed by atoms with E-state index in [4.69, 9.17) is 4.52 Å². The van der Waals surface area contributed by atoms with E-state index in [0.29, 0.717) is 30.5 Å². The van der Waals surface area contributed by atoms with Gasteiger partial charge in [0, 0.05) is 29.9 Å². The lowest BCUT2D eigenvalue weighted by molar-refractivity contribution is 0.0946. The summed E-state index contributed by atoms with van der Waals surface area (Å²) >= 11 is 1.56. The third-order valence-electron chi connectivity index (χ3n) is 3.39. The molecule has 0 aliphatic rings. The number of nitrogens with one attached hydrogen (secondary N) is 1. The molecule has 0 saturated heterocycles. The molecule has 0 unspecified atom stereocenters. The second-order valence-corrected chi connectivity index (χ2v) is 5.93.